The van der Waals surface area contributed by atoms with E-state index in [0.29, 0.717) is 5.95 Å². The summed E-state index contributed by atoms with van der Waals surface area (Å²) in [7, 11) is 0. The van der Waals surface area contributed by atoms with E-state index in [2.05, 4.69) is 26.7 Å². The molecule has 0 amide bonds. The number of nitrogens with zero attached hydrogens (tertiary/aromatic N) is 2. The molecule has 0 aliphatic rings. The molecule has 0 bridgehead atoms. The number of benzene rings is 2. The van der Waals surface area contributed by atoms with Crippen LogP contribution >= 0.6 is 11.6 Å². The average Bonchev–Trinajstić information content (AvgIpc) is 2.56. The maximum absolute atomic E-state index is 5.99. The third-order valence-corrected chi connectivity index (χ3v) is 3.53. The summed E-state index contributed by atoms with van der Waals surface area (Å²) in [5, 5.41) is 7.25. The molecule has 5 heteroatoms. The van der Waals surface area contributed by atoms with Crippen molar-refractivity contribution in [2.75, 3.05) is 17.2 Å². The van der Waals surface area contributed by atoms with E-state index < -0.39 is 0 Å². The second-order valence-corrected chi connectivity index (χ2v) is 5.50. The van der Waals surface area contributed by atoms with Gasteiger partial charge in [0.1, 0.15) is 5.82 Å². The molecule has 0 saturated carbocycles. The quantitative estimate of drug-likeness (QED) is 0.699. The fourth-order valence-electron chi connectivity index (χ4n) is 2.20. The number of anilines is 3. The van der Waals surface area contributed by atoms with Crippen LogP contribution in [0.4, 0.5) is 17.5 Å². The Hall–Kier alpha value is -2.59. The molecule has 0 aliphatic heterocycles. The molecule has 0 unspecified atom stereocenters. The summed E-state index contributed by atoms with van der Waals surface area (Å²) in [5.41, 5.74) is 2.16. The lowest BCUT2D eigenvalue weighted by molar-refractivity contribution is 1.00. The van der Waals surface area contributed by atoms with E-state index >= 15 is 0 Å². The van der Waals surface area contributed by atoms with Crippen LogP contribution in [0.3, 0.4) is 0 Å². The molecule has 3 aromatic rings. The molecule has 1 heterocycles. The van der Waals surface area contributed by atoms with E-state index in [1.54, 1.807) is 6.20 Å². The highest BCUT2D eigenvalue weighted by atomic mass is 35.5. The van der Waals surface area contributed by atoms with Crippen molar-refractivity contribution < 1.29 is 0 Å². The van der Waals surface area contributed by atoms with Gasteiger partial charge in [-0.1, -0.05) is 41.9 Å². The van der Waals surface area contributed by atoms with Crippen molar-refractivity contribution in [1.82, 2.24) is 9.97 Å². The molecule has 1 aromatic heterocycles. The van der Waals surface area contributed by atoms with Crippen LogP contribution in [0, 0.1) is 0 Å². The first kappa shape index (κ1) is 15.3. The lowest BCUT2D eigenvalue weighted by atomic mass is 10.1. The van der Waals surface area contributed by atoms with Gasteiger partial charge in [-0.3, -0.25) is 0 Å². The van der Waals surface area contributed by atoms with E-state index in [4.69, 9.17) is 11.6 Å². The molecule has 0 aliphatic carbocycles. The van der Waals surface area contributed by atoms with Crippen LogP contribution in [-0.2, 0) is 6.42 Å². The molecule has 0 spiro atoms. The van der Waals surface area contributed by atoms with Gasteiger partial charge in [-0.25, -0.2) is 4.98 Å². The van der Waals surface area contributed by atoms with Gasteiger partial charge in [-0.05, 0) is 42.3 Å². The summed E-state index contributed by atoms with van der Waals surface area (Å²) < 4.78 is 0. The smallest absolute Gasteiger partial charge is 0.229 e. The Kier molecular flexibility index (Phi) is 5.06. The first-order valence-corrected chi connectivity index (χ1v) is 7.81. The predicted octanol–water partition coefficient (Wildman–Crippen LogP) is 4.53. The first-order chi connectivity index (χ1) is 11.3. The van der Waals surface area contributed by atoms with E-state index in [0.717, 1.165) is 29.5 Å². The van der Waals surface area contributed by atoms with Crippen LogP contribution in [0.1, 0.15) is 5.56 Å². The van der Waals surface area contributed by atoms with Gasteiger partial charge in [-0.15, -0.1) is 0 Å². The minimum absolute atomic E-state index is 0.573. The average molecular weight is 325 g/mol. The molecule has 2 aromatic carbocycles. The zero-order chi connectivity index (χ0) is 15.9. The third-order valence-electron chi connectivity index (χ3n) is 3.29. The number of hydrogen-bond donors (Lipinski definition) is 2. The molecular weight excluding hydrogens is 308 g/mol. The van der Waals surface area contributed by atoms with Gasteiger partial charge in [-0.2, -0.15) is 4.98 Å². The molecule has 23 heavy (non-hydrogen) atoms. The Bertz CT molecular complexity index is 762. The molecule has 4 nitrogen and oxygen atoms in total. The summed E-state index contributed by atoms with van der Waals surface area (Å²) in [6, 6.07) is 19.6. The molecule has 3 rings (SSSR count). The Morgan fingerprint density at radius 3 is 2.65 bits per heavy atom. The summed E-state index contributed by atoms with van der Waals surface area (Å²) in [6.07, 6.45) is 2.62. The molecular formula is C18H17ClN4. The number of aromatic nitrogens is 2. The van der Waals surface area contributed by atoms with Crippen molar-refractivity contribution in [1.29, 1.82) is 0 Å². The summed E-state index contributed by atoms with van der Waals surface area (Å²) in [6.45, 7) is 0.780. The predicted molar refractivity (Wildman–Crippen MR) is 95.4 cm³/mol. The van der Waals surface area contributed by atoms with Crippen molar-refractivity contribution in [2.24, 2.45) is 0 Å². The zero-order valence-corrected chi connectivity index (χ0v) is 13.3. The highest BCUT2D eigenvalue weighted by Gasteiger charge is 2.00. The summed E-state index contributed by atoms with van der Waals surface area (Å²) in [4.78, 5) is 8.69. The van der Waals surface area contributed by atoms with Crippen LogP contribution in [0.2, 0.25) is 5.02 Å². The normalized spacial score (nSPS) is 10.3. The molecule has 116 valence electrons. The number of hydrogen-bond acceptors (Lipinski definition) is 4. The van der Waals surface area contributed by atoms with Crippen LogP contribution < -0.4 is 10.6 Å². The number of halogens is 1. The number of nitrogens with one attached hydrogen (secondary N) is 2. The molecule has 0 fully saturated rings. The van der Waals surface area contributed by atoms with Crippen molar-refractivity contribution in [3.63, 3.8) is 0 Å². The van der Waals surface area contributed by atoms with Crippen LogP contribution in [0.5, 0.6) is 0 Å². The molecule has 0 radical (unpaired) electrons. The Balaban J connectivity index is 1.57. The van der Waals surface area contributed by atoms with Crippen LogP contribution in [0.25, 0.3) is 0 Å². The number of para-hydroxylation sites is 1. The fraction of sp³-hybridized carbons (Fsp3) is 0.111. The molecule has 0 saturated heterocycles. The van der Waals surface area contributed by atoms with Gasteiger partial charge in [0.05, 0.1) is 0 Å². The minimum atomic E-state index is 0.573. The fourth-order valence-corrected chi connectivity index (χ4v) is 2.41. The van der Waals surface area contributed by atoms with Gasteiger partial charge in [0.25, 0.3) is 0 Å². The van der Waals surface area contributed by atoms with Gasteiger partial charge in [0.2, 0.25) is 5.95 Å². The maximum Gasteiger partial charge on any atom is 0.229 e. The van der Waals surface area contributed by atoms with Crippen molar-refractivity contribution in [3.8, 4) is 0 Å². The topological polar surface area (TPSA) is 49.8 Å². The summed E-state index contributed by atoms with van der Waals surface area (Å²) in [5.74, 6) is 1.37. The van der Waals surface area contributed by atoms with E-state index in [1.807, 2.05) is 54.6 Å². The highest BCUT2D eigenvalue weighted by molar-refractivity contribution is 6.30. The van der Waals surface area contributed by atoms with Crippen molar-refractivity contribution in [3.05, 3.63) is 77.4 Å². The van der Waals surface area contributed by atoms with Gasteiger partial charge < -0.3 is 10.6 Å². The lowest BCUT2D eigenvalue weighted by Crippen LogP contribution is -2.07. The summed E-state index contributed by atoms with van der Waals surface area (Å²) >= 11 is 5.99. The van der Waals surface area contributed by atoms with E-state index in [9.17, 15) is 0 Å². The Morgan fingerprint density at radius 2 is 1.83 bits per heavy atom. The standard InChI is InChI=1S/C18H17ClN4/c19-15-6-4-5-14(13-15)9-11-20-17-10-12-21-18(23-17)22-16-7-2-1-3-8-16/h1-8,10,12-13H,9,11H2,(H2,20,21,22,23). The minimum Gasteiger partial charge on any atom is -0.370 e. The monoisotopic (exact) mass is 324 g/mol. The zero-order valence-electron chi connectivity index (χ0n) is 12.5. The van der Waals surface area contributed by atoms with Crippen LogP contribution in [0.15, 0.2) is 66.9 Å². The largest absolute Gasteiger partial charge is 0.370 e. The van der Waals surface area contributed by atoms with E-state index in [-0.39, 0.29) is 0 Å². The van der Waals surface area contributed by atoms with Crippen molar-refractivity contribution in [2.45, 2.75) is 6.42 Å². The van der Waals surface area contributed by atoms with Gasteiger partial charge in [0, 0.05) is 23.5 Å². The van der Waals surface area contributed by atoms with Crippen molar-refractivity contribution >= 4 is 29.1 Å². The Labute approximate surface area is 140 Å². The first-order valence-electron chi connectivity index (χ1n) is 7.43. The lowest BCUT2D eigenvalue weighted by Gasteiger charge is -2.08. The second kappa shape index (κ2) is 7.61. The third kappa shape index (κ3) is 4.69. The number of rotatable bonds is 6. The maximum atomic E-state index is 5.99. The van der Waals surface area contributed by atoms with E-state index in [1.165, 1.54) is 5.56 Å². The highest BCUT2D eigenvalue weighted by Crippen LogP contribution is 2.14. The second-order valence-electron chi connectivity index (χ2n) is 5.06. The Morgan fingerprint density at radius 1 is 0.957 bits per heavy atom. The van der Waals surface area contributed by atoms with Crippen LogP contribution in [-0.4, -0.2) is 16.5 Å². The molecule has 0 atom stereocenters. The van der Waals surface area contributed by atoms with Gasteiger partial charge in [0.15, 0.2) is 0 Å². The van der Waals surface area contributed by atoms with Gasteiger partial charge >= 0.3 is 0 Å². The SMILES string of the molecule is Clc1cccc(CCNc2ccnc(Nc3ccccc3)n2)c1. The molecule has 2 N–H and O–H groups in total.